The summed E-state index contributed by atoms with van der Waals surface area (Å²) < 4.78 is 59.9. The van der Waals surface area contributed by atoms with Gasteiger partial charge < -0.3 is 15.1 Å². The fraction of sp³-hybridized carbons (Fsp3) is 0.613. The van der Waals surface area contributed by atoms with Gasteiger partial charge in [-0.25, -0.2) is 16.8 Å². The minimum Gasteiger partial charge on any atom is -0.380 e. The molecule has 0 atom stereocenters. The Labute approximate surface area is 254 Å². The highest BCUT2D eigenvalue weighted by molar-refractivity contribution is 7.90. The molecule has 42 heavy (non-hydrogen) atoms. The van der Waals surface area contributed by atoms with Crippen molar-refractivity contribution in [3.05, 3.63) is 47.0 Å². The van der Waals surface area contributed by atoms with Crippen LogP contribution in [0.4, 0.5) is 11.4 Å². The molecule has 9 nitrogen and oxygen atoms in total. The van der Waals surface area contributed by atoms with Gasteiger partial charge in [0.15, 0.2) is 0 Å². The zero-order chi connectivity index (χ0) is 30.5. The first-order chi connectivity index (χ1) is 19.9. The maximum atomic E-state index is 14.2. The highest BCUT2D eigenvalue weighted by atomic mass is 32.2. The van der Waals surface area contributed by atoms with Crippen LogP contribution in [0.1, 0.15) is 62.1 Å². The lowest BCUT2D eigenvalue weighted by Gasteiger charge is -2.32. The Balaban J connectivity index is 1.88. The highest BCUT2D eigenvalue weighted by Crippen LogP contribution is 2.38. The van der Waals surface area contributed by atoms with Crippen LogP contribution >= 0.6 is 0 Å². The van der Waals surface area contributed by atoms with Crippen LogP contribution in [0.3, 0.4) is 0 Å². The third-order valence-electron chi connectivity index (χ3n) is 8.52. The van der Waals surface area contributed by atoms with E-state index in [0.29, 0.717) is 57.2 Å². The van der Waals surface area contributed by atoms with Crippen LogP contribution in [0.2, 0.25) is 0 Å². The number of hydrogen-bond acceptors (Lipinski definition) is 7. The lowest BCUT2D eigenvalue weighted by molar-refractivity contribution is 0.345. The Morgan fingerprint density at radius 1 is 0.738 bits per heavy atom. The van der Waals surface area contributed by atoms with Crippen molar-refractivity contribution < 1.29 is 16.8 Å². The molecule has 0 aromatic heterocycles. The molecular weight excluding hydrogens is 571 g/mol. The summed E-state index contributed by atoms with van der Waals surface area (Å²) in [6.07, 6.45) is 5.21. The van der Waals surface area contributed by atoms with E-state index in [2.05, 4.69) is 41.1 Å². The lowest BCUT2D eigenvalue weighted by Crippen LogP contribution is -2.39. The van der Waals surface area contributed by atoms with Crippen LogP contribution in [0.5, 0.6) is 0 Å². The van der Waals surface area contributed by atoms with Crippen LogP contribution in [0.25, 0.3) is 0 Å². The van der Waals surface area contributed by atoms with Crippen molar-refractivity contribution in [1.29, 1.82) is 0 Å². The summed E-state index contributed by atoms with van der Waals surface area (Å²) in [6.45, 7) is 10.3. The number of benzene rings is 2. The molecule has 2 aromatic carbocycles. The van der Waals surface area contributed by atoms with Gasteiger partial charge in [-0.2, -0.15) is 8.61 Å². The summed E-state index contributed by atoms with van der Waals surface area (Å²) in [7, 11) is -3.89. The largest absolute Gasteiger partial charge is 0.380 e. The van der Waals surface area contributed by atoms with Gasteiger partial charge in [0.05, 0.1) is 11.4 Å². The van der Waals surface area contributed by atoms with Gasteiger partial charge in [0.25, 0.3) is 0 Å². The lowest BCUT2D eigenvalue weighted by atomic mass is 10.1. The molecule has 2 saturated heterocycles. The van der Waals surface area contributed by atoms with Crippen molar-refractivity contribution in [2.75, 3.05) is 70.1 Å². The molecule has 0 saturated carbocycles. The van der Waals surface area contributed by atoms with Crippen molar-refractivity contribution in [1.82, 2.24) is 13.5 Å². The third kappa shape index (κ3) is 7.48. The van der Waals surface area contributed by atoms with E-state index in [4.69, 9.17) is 0 Å². The Kier molecular flexibility index (Phi) is 11.0. The molecule has 0 aliphatic carbocycles. The van der Waals surface area contributed by atoms with Gasteiger partial charge in [0.2, 0.25) is 20.0 Å². The third-order valence-corrected chi connectivity index (χ3v) is 12.4. The minimum atomic E-state index is -3.94. The van der Waals surface area contributed by atoms with E-state index in [0.717, 1.165) is 50.6 Å². The maximum absolute atomic E-state index is 14.2. The molecule has 2 heterocycles. The molecular formula is C31H49N5O4S2. The predicted octanol–water partition coefficient (Wildman–Crippen LogP) is 4.65. The number of aryl methyl sites for hydroxylation is 2. The second kappa shape index (κ2) is 14.1. The van der Waals surface area contributed by atoms with Crippen molar-refractivity contribution in [3.63, 3.8) is 0 Å². The summed E-state index contributed by atoms with van der Waals surface area (Å²) in [5.41, 5.74) is 4.38. The molecule has 0 unspecified atom stereocenters. The number of likely N-dealkylation sites (N-methyl/N-ethyl adjacent to an activating group) is 2. The molecule has 0 bridgehead atoms. The Bertz CT molecular complexity index is 1430. The number of nitrogens with zero attached hydrogens (tertiary/aromatic N) is 4. The van der Waals surface area contributed by atoms with Gasteiger partial charge in [0.1, 0.15) is 9.79 Å². The molecule has 4 rings (SSSR count). The summed E-state index contributed by atoms with van der Waals surface area (Å²) >= 11 is 0. The van der Waals surface area contributed by atoms with E-state index in [1.165, 1.54) is 25.8 Å². The molecule has 2 fully saturated rings. The number of rotatable bonds is 12. The van der Waals surface area contributed by atoms with Crippen LogP contribution in [-0.2, 0) is 26.6 Å². The van der Waals surface area contributed by atoms with Crippen LogP contribution in [-0.4, -0.2) is 90.3 Å². The average molecular weight is 620 g/mol. The average Bonchev–Trinajstić information content (AvgIpc) is 2.98. The molecule has 11 heteroatoms. The summed E-state index contributed by atoms with van der Waals surface area (Å²) in [4.78, 5) is 4.23. The zero-order valence-electron chi connectivity index (χ0n) is 26.0. The standard InChI is InChI=1S/C31H49N5O4S2/c1-6-34(20-19-33(4)5)29-22-28(32-24-27-14-13-25(2)26(3)21-27)30(41(37,38)35-15-9-7-10-16-35)23-31(29)42(39,40)36-17-11-8-12-18-36/h13-14,21-23,32H,6-12,15-20,24H2,1-5H3. The number of sulfonamides is 2. The molecule has 2 aliphatic heterocycles. The van der Waals surface area contributed by atoms with E-state index in [1.54, 1.807) is 6.07 Å². The minimum absolute atomic E-state index is 0.0382. The number of hydrogen-bond donors (Lipinski definition) is 1. The van der Waals surface area contributed by atoms with E-state index in [1.807, 2.05) is 27.1 Å². The molecule has 0 spiro atoms. The Morgan fingerprint density at radius 3 is 1.83 bits per heavy atom. The van der Waals surface area contributed by atoms with Gasteiger partial charge in [-0.15, -0.1) is 0 Å². The van der Waals surface area contributed by atoms with E-state index >= 15 is 0 Å². The molecule has 0 radical (unpaired) electrons. The SMILES string of the molecule is CCN(CCN(C)C)c1cc(NCc2ccc(C)c(C)c2)c(S(=O)(=O)N2CCCCC2)cc1S(=O)(=O)N1CCCCC1. The second-order valence-electron chi connectivity index (χ2n) is 11.9. The molecule has 2 aliphatic rings. The van der Waals surface area contributed by atoms with Crippen molar-refractivity contribution in [2.24, 2.45) is 0 Å². The fourth-order valence-corrected chi connectivity index (χ4v) is 9.23. The number of piperidine rings is 2. The molecule has 2 aromatic rings. The van der Waals surface area contributed by atoms with Crippen molar-refractivity contribution >= 4 is 31.4 Å². The highest BCUT2D eigenvalue weighted by Gasteiger charge is 2.35. The van der Waals surface area contributed by atoms with Gasteiger partial charge in [-0.1, -0.05) is 31.0 Å². The smallest absolute Gasteiger partial charge is 0.245 e. The summed E-state index contributed by atoms with van der Waals surface area (Å²) in [6, 6.07) is 9.43. The van der Waals surface area contributed by atoms with E-state index in [-0.39, 0.29) is 9.79 Å². The Hall–Kier alpha value is -2.18. The molecule has 0 amide bonds. The number of nitrogens with one attached hydrogen (secondary N) is 1. The van der Waals surface area contributed by atoms with Gasteiger partial charge >= 0.3 is 0 Å². The van der Waals surface area contributed by atoms with Crippen molar-refractivity contribution in [2.45, 2.75) is 75.6 Å². The van der Waals surface area contributed by atoms with Crippen LogP contribution in [0, 0.1) is 13.8 Å². The topological polar surface area (TPSA) is 93.3 Å². The van der Waals surface area contributed by atoms with E-state index in [9.17, 15) is 16.8 Å². The predicted molar refractivity (Wildman–Crippen MR) is 171 cm³/mol. The fourth-order valence-electron chi connectivity index (χ4n) is 5.72. The van der Waals surface area contributed by atoms with Crippen molar-refractivity contribution in [3.8, 4) is 0 Å². The van der Waals surface area contributed by atoms with Gasteiger partial charge in [0, 0.05) is 52.4 Å². The molecule has 234 valence electrons. The van der Waals surface area contributed by atoms with Crippen LogP contribution in [0.15, 0.2) is 40.1 Å². The zero-order valence-corrected chi connectivity index (χ0v) is 27.7. The maximum Gasteiger partial charge on any atom is 0.245 e. The molecule has 1 N–H and O–H groups in total. The Morgan fingerprint density at radius 2 is 1.31 bits per heavy atom. The first-order valence-electron chi connectivity index (χ1n) is 15.3. The first kappa shape index (κ1) is 32.7. The summed E-state index contributed by atoms with van der Waals surface area (Å²) in [5.74, 6) is 0. The summed E-state index contributed by atoms with van der Waals surface area (Å²) in [5, 5.41) is 3.41. The van der Waals surface area contributed by atoms with E-state index < -0.39 is 20.0 Å². The van der Waals surface area contributed by atoms with Crippen LogP contribution < -0.4 is 10.2 Å². The second-order valence-corrected chi connectivity index (χ2v) is 15.7. The quantitative estimate of drug-likeness (QED) is 0.370. The van der Waals surface area contributed by atoms with Gasteiger partial charge in [-0.05, 0) is 89.4 Å². The normalized spacial score (nSPS) is 17.5. The monoisotopic (exact) mass is 619 g/mol. The van der Waals surface area contributed by atoms with Gasteiger partial charge in [-0.3, -0.25) is 0 Å². The number of anilines is 2. The first-order valence-corrected chi connectivity index (χ1v) is 18.2.